The fourth-order valence-corrected chi connectivity index (χ4v) is 0.591. The van der Waals surface area contributed by atoms with E-state index in [9.17, 15) is 0 Å². The number of alkyl halides is 1. The lowest BCUT2D eigenvalue weighted by Gasteiger charge is -2.09. The summed E-state index contributed by atoms with van der Waals surface area (Å²) in [6.45, 7) is 8.46. The van der Waals surface area contributed by atoms with Crippen LogP contribution in [0.1, 0.15) is 27.2 Å². The molecule has 0 aliphatic heterocycles. The summed E-state index contributed by atoms with van der Waals surface area (Å²) in [5.41, 5.74) is 0. The van der Waals surface area contributed by atoms with E-state index in [1.54, 1.807) is 0 Å². The van der Waals surface area contributed by atoms with Gasteiger partial charge < -0.3 is 4.90 Å². The molecule has 0 amide bonds. The van der Waals surface area contributed by atoms with Gasteiger partial charge in [0.2, 0.25) is 0 Å². The molecular formula is C8H20ClN. The Morgan fingerprint density at radius 2 is 1.60 bits per heavy atom. The fourth-order valence-electron chi connectivity index (χ4n) is 0.302. The summed E-state index contributed by atoms with van der Waals surface area (Å²) in [6.07, 6.45) is 1.25. The first kappa shape index (κ1) is 12.9. The lowest BCUT2D eigenvalue weighted by atomic mass is 10.6. The maximum atomic E-state index is 5.43. The maximum absolute atomic E-state index is 5.43. The molecule has 0 radical (unpaired) electrons. The Hall–Kier alpha value is 0.250. The van der Waals surface area contributed by atoms with Gasteiger partial charge in [-0.3, -0.25) is 0 Å². The number of hydrogen-bond acceptors (Lipinski definition) is 1. The molecule has 1 nitrogen and oxygen atoms in total. The Balaban J connectivity index is 0. The van der Waals surface area contributed by atoms with Gasteiger partial charge in [-0.25, -0.2) is 0 Å². The van der Waals surface area contributed by atoms with Crippen molar-refractivity contribution in [2.45, 2.75) is 27.2 Å². The number of rotatable bonds is 3. The zero-order valence-corrected chi connectivity index (χ0v) is 8.41. The molecule has 0 aromatic rings. The van der Waals surface area contributed by atoms with Gasteiger partial charge in [0.25, 0.3) is 0 Å². The van der Waals surface area contributed by atoms with Gasteiger partial charge in [-0.2, -0.15) is 0 Å². The molecule has 0 spiro atoms. The van der Waals surface area contributed by atoms with Crippen LogP contribution in [0.15, 0.2) is 0 Å². The van der Waals surface area contributed by atoms with Crippen molar-refractivity contribution in [1.29, 1.82) is 0 Å². The number of nitrogens with zero attached hydrogens (tertiary/aromatic N) is 1. The Labute approximate surface area is 70.4 Å². The van der Waals surface area contributed by atoms with E-state index >= 15 is 0 Å². The van der Waals surface area contributed by atoms with E-state index < -0.39 is 0 Å². The van der Waals surface area contributed by atoms with Crippen molar-refractivity contribution in [2.75, 3.05) is 26.0 Å². The molecule has 0 unspecified atom stereocenters. The summed E-state index contributed by atoms with van der Waals surface area (Å²) < 4.78 is 0. The molecule has 0 fully saturated rings. The molecule has 64 valence electrons. The first-order chi connectivity index (χ1) is 4.72. The Bertz CT molecular complexity index is 48.5. The Morgan fingerprint density at radius 1 is 1.20 bits per heavy atom. The highest BCUT2D eigenvalue weighted by Crippen LogP contribution is 1.81. The van der Waals surface area contributed by atoms with Gasteiger partial charge in [-0.1, -0.05) is 27.2 Å². The predicted molar refractivity (Wildman–Crippen MR) is 49.9 cm³/mol. The molecule has 0 aromatic heterocycles. The molecule has 0 aliphatic carbocycles. The molecule has 0 atom stereocenters. The van der Waals surface area contributed by atoms with Crippen LogP contribution in [0.25, 0.3) is 0 Å². The van der Waals surface area contributed by atoms with Crippen LogP contribution in [-0.2, 0) is 0 Å². The van der Waals surface area contributed by atoms with Crippen LogP contribution in [-0.4, -0.2) is 30.9 Å². The summed E-state index contributed by atoms with van der Waals surface area (Å²) in [4.78, 5) is 2.17. The van der Waals surface area contributed by atoms with Gasteiger partial charge in [-0.15, -0.1) is 11.6 Å². The highest BCUT2D eigenvalue weighted by Gasteiger charge is 1.87. The summed E-state index contributed by atoms with van der Waals surface area (Å²) in [7, 11) is 2.06. The standard InChI is InChI=1S/C5H12ClN.C3H8/c1-3-7(2)5-4-6;1-3-2/h3-5H2,1-2H3;3H2,1-2H3. The highest BCUT2D eigenvalue weighted by atomic mass is 35.5. The number of halogens is 1. The van der Waals surface area contributed by atoms with E-state index in [0.717, 1.165) is 19.0 Å². The Morgan fingerprint density at radius 3 is 1.70 bits per heavy atom. The lowest BCUT2D eigenvalue weighted by Crippen LogP contribution is -2.19. The first-order valence-electron chi connectivity index (χ1n) is 3.97. The second-order valence-corrected chi connectivity index (χ2v) is 2.67. The zero-order chi connectivity index (χ0) is 8.41. The number of hydrogen-bond donors (Lipinski definition) is 0. The van der Waals surface area contributed by atoms with E-state index in [1.165, 1.54) is 6.42 Å². The third-order valence-corrected chi connectivity index (χ3v) is 1.18. The molecule has 0 aliphatic rings. The van der Waals surface area contributed by atoms with E-state index in [1.807, 2.05) is 0 Å². The van der Waals surface area contributed by atoms with Crippen LogP contribution in [0.5, 0.6) is 0 Å². The molecule has 0 aromatic carbocycles. The minimum Gasteiger partial charge on any atom is -0.305 e. The van der Waals surface area contributed by atoms with Gasteiger partial charge >= 0.3 is 0 Å². The van der Waals surface area contributed by atoms with E-state index in [-0.39, 0.29) is 0 Å². The van der Waals surface area contributed by atoms with Crippen LogP contribution < -0.4 is 0 Å². The van der Waals surface area contributed by atoms with Crippen molar-refractivity contribution < 1.29 is 0 Å². The summed E-state index contributed by atoms with van der Waals surface area (Å²) in [5.74, 6) is 0.740. The second-order valence-electron chi connectivity index (χ2n) is 2.29. The highest BCUT2D eigenvalue weighted by molar-refractivity contribution is 6.18. The van der Waals surface area contributed by atoms with E-state index in [4.69, 9.17) is 11.6 Å². The molecule has 0 saturated carbocycles. The monoisotopic (exact) mass is 165 g/mol. The first-order valence-corrected chi connectivity index (χ1v) is 4.50. The summed E-state index contributed by atoms with van der Waals surface area (Å²) in [5, 5.41) is 0. The zero-order valence-electron chi connectivity index (χ0n) is 7.65. The molecule has 0 saturated heterocycles. The van der Waals surface area contributed by atoms with Crippen molar-refractivity contribution in [2.24, 2.45) is 0 Å². The second kappa shape index (κ2) is 12.0. The van der Waals surface area contributed by atoms with Crippen LogP contribution in [0.2, 0.25) is 0 Å². The third kappa shape index (κ3) is 15.7. The lowest BCUT2D eigenvalue weighted by molar-refractivity contribution is 0.375. The normalized spacial score (nSPS) is 9.00. The molecule has 0 rings (SSSR count). The molecule has 2 heteroatoms. The minimum absolute atomic E-state index is 0.740. The molecule has 0 N–H and O–H groups in total. The van der Waals surface area contributed by atoms with Crippen LogP contribution in [0.4, 0.5) is 0 Å². The largest absolute Gasteiger partial charge is 0.305 e. The van der Waals surface area contributed by atoms with Gasteiger partial charge in [0.05, 0.1) is 0 Å². The van der Waals surface area contributed by atoms with Crippen molar-refractivity contribution in [3.63, 3.8) is 0 Å². The topological polar surface area (TPSA) is 3.24 Å². The van der Waals surface area contributed by atoms with Crippen molar-refractivity contribution in [1.82, 2.24) is 4.90 Å². The minimum atomic E-state index is 0.740. The quantitative estimate of drug-likeness (QED) is 0.582. The summed E-state index contributed by atoms with van der Waals surface area (Å²) in [6, 6.07) is 0. The average molecular weight is 166 g/mol. The molecule has 0 bridgehead atoms. The van der Waals surface area contributed by atoms with Crippen LogP contribution in [0, 0.1) is 0 Å². The summed E-state index contributed by atoms with van der Waals surface area (Å²) >= 11 is 5.43. The van der Waals surface area contributed by atoms with Gasteiger partial charge in [0.1, 0.15) is 0 Å². The van der Waals surface area contributed by atoms with E-state index in [0.29, 0.717) is 0 Å². The van der Waals surface area contributed by atoms with Gasteiger partial charge in [-0.05, 0) is 13.6 Å². The predicted octanol–water partition coefficient (Wildman–Crippen LogP) is 2.59. The van der Waals surface area contributed by atoms with Crippen molar-refractivity contribution in [3.8, 4) is 0 Å². The fraction of sp³-hybridized carbons (Fsp3) is 1.00. The SMILES string of the molecule is CCC.CCN(C)CCCl. The maximum Gasteiger partial charge on any atom is 0.0351 e. The van der Waals surface area contributed by atoms with Crippen molar-refractivity contribution >= 4 is 11.6 Å². The van der Waals surface area contributed by atoms with Gasteiger partial charge in [0, 0.05) is 12.4 Å². The molecule has 0 heterocycles. The van der Waals surface area contributed by atoms with E-state index in [2.05, 4.69) is 32.7 Å². The third-order valence-electron chi connectivity index (χ3n) is 1.01. The van der Waals surface area contributed by atoms with Gasteiger partial charge in [0.15, 0.2) is 0 Å². The Kier molecular flexibility index (Phi) is 15.4. The average Bonchev–Trinajstić information content (AvgIpc) is 1.90. The molecule has 10 heavy (non-hydrogen) atoms. The smallest absolute Gasteiger partial charge is 0.0351 e. The van der Waals surface area contributed by atoms with Crippen LogP contribution >= 0.6 is 11.6 Å². The molecular weight excluding hydrogens is 146 g/mol. The van der Waals surface area contributed by atoms with Crippen molar-refractivity contribution in [3.05, 3.63) is 0 Å². The van der Waals surface area contributed by atoms with Crippen LogP contribution in [0.3, 0.4) is 0 Å².